The number of hydrogen-bond acceptors (Lipinski definition) is 8. The molecule has 0 atom stereocenters. The zero-order valence-corrected chi connectivity index (χ0v) is 32.8. The highest BCUT2D eigenvalue weighted by molar-refractivity contribution is 5.98. The number of aromatic nitrogens is 4. The standard InChI is InChI=1S/C36H50N8O3.C5H12/c1-35(2,3)47-34(46)43-17-14-36(43)19-24(20-36)23-42-15-12-25(13-16-42)26-10-11-30(37-21-26)39-33-38-22-27-18-29(32(45)41(4)5)44(31(27)40-33)28-8-6-7-9-28;1-3-5-4-2/h10-11,18,21-22,24-25,28H,6-9,12-17,19-20,23H2,1-5H3,(H,37,38,39,40);3-5H2,1-2H3. The van der Waals surface area contributed by atoms with Crippen molar-refractivity contribution in [1.82, 2.24) is 34.2 Å². The molecule has 11 heteroatoms. The number of pyridine rings is 1. The first-order valence-corrected chi connectivity index (χ1v) is 19.9. The first-order chi connectivity index (χ1) is 24.9. The minimum absolute atomic E-state index is 0.00998. The highest BCUT2D eigenvalue weighted by Gasteiger charge is 2.56. The molecule has 0 bridgehead atoms. The molecular weight excluding hydrogens is 653 g/mol. The maximum atomic E-state index is 13.0. The van der Waals surface area contributed by atoms with Crippen LogP contribution in [-0.2, 0) is 4.74 Å². The summed E-state index contributed by atoms with van der Waals surface area (Å²) < 4.78 is 7.78. The van der Waals surface area contributed by atoms with Crippen LogP contribution in [0.25, 0.3) is 11.0 Å². The number of unbranched alkanes of at least 4 members (excludes halogenated alkanes) is 2. The van der Waals surface area contributed by atoms with Crippen LogP contribution in [0.1, 0.15) is 140 Å². The average molecular weight is 715 g/mol. The summed E-state index contributed by atoms with van der Waals surface area (Å²) >= 11 is 0. The van der Waals surface area contributed by atoms with Crippen molar-refractivity contribution in [3.05, 3.63) is 41.9 Å². The van der Waals surface area contributed by atoms with Gasteiger partial charge in [0, 0.05) is 56.5 Å². The molecule has 1 N–H and O–H groups in total. The number of carbonyl (C=O) groups is 2. The first kappa shape index (κ1) is 38.0. The quantitative estimate of drug-likeness (QED) is 0.235. The van der Waals surface area contributed by atoms with Crippen LogP contribution in [0, 0.1) is 5.92 Å². The predicted octanol–water partition coefficient (Wildman–Crippen LogP) is 8.55. The van der Waals surface area contributed by atoms with Gasteiger partial charge in [-0.25, -0.2) is 14.8 Å². The molecule has 2 aliphatic carbocycles. The van der Waals surface area contributed by atoms with Gasteiger partial charge in [-0.1, -0.05) is 52.0 Å². The van der Waals surface area contributed by atoms with Crippen LogP contribution >= 0.6 is 0 Å². The van der Waals surface area contributed by atoms with Gasteiger partial charge in [-0.05, 0) is 108 Å². The number of likely N-dealkylation sites (tertiary alicyclic amines) is 2. The Labute approximate surface area is 310 Å². The van der Waals surface area contributed by atoms with Gasteiger partial charge in [-0.2, -0.15) is 4.98 Å². The Hall–Kier alpha value is -3.73. The molecule has 1 spiro atoms. The first-order valence-electron chi connectivity index (χ1n) is 19.9. The summed E-state index contributed by atoms with van der Waals surface area (Å²) in [4.78, 5) is 46.1. The Morgan fingerprint density at radius 3 is 2.25 bits per heavy atom. The average Bonchev–Trinajstić information content (AvgIpc) is 3.74. The van der Waals surface area contributed by atoms with Gasteiger partial charge in [0.25, 0.3) is 5.91 Å². The van der Waals surface area contributed by atoms with E-state index in [-0.39, 0.29) is 23.6 Å². The molecule has 0 unspecified atom stereocenters. The molecule has 2 saturated heterocycles. The fraction of sp³-hybridized carbons (Fsp3) is 0.683. The maximum absolute atomic E-state index is 13.0. The predicted molar refractivity (Wildman–Crippen MR) is 207 cm³/mol. The molecule has 11 nitrogen and oxygen atoms in total. The third-order valence-corrected chi connectivity index (χ3v) is 11.5. The SMILES string of the molecule is CCCCC.CN(C)C(=O)c1cc2cnc(Nc3ccc(C4CCN(CC5CC6(CCN6C(=O)OC(C)(C)C)C5)CC4)cn3)nc2n1C1CCCC1. The van der Waals surface area contributed by atoms with Crippen molar-refractivity contribution in [1.29, 1.82) is 0 Å². The highest BCUT2D eigenvalue weighted by Crippen LogP contribution is 2.51. The molecule has 0 aromatic carbocycles. The summed E-state index contributed by atoms with van der Waals surface area (Å²) in [7, 11) is 3.58. The van der Waals surface area contributed by atoms with Gasteiger partial charge < -0.3 is 29.3 Å². The molecule has 2 amide bonds. The van der Waals surface area contributed by atoms with Crippen LogP contribution in [0.3, 0.4) is 0 Å². The molecule has 2 saturated carbocycles. The Morgan fingerprint density at radius 1 is 0.981 bits per heavy atom. The normalized spacial score (nSPS) is 22.4. The zero-order valence-electron chi connectivity index (χ0n) is 32.8. The molecule has 4 aliphatic rings. The number of amides is 2. The Bertz CT molecular complexity index is 1660. The summed E-state index contributed by atoms with van der Waals surface area (Å²) in [5.41, 5.74) is 2.36. The van der Waals surface area contributed by atoms with Crippen LogP contribution in [0.5, 0.6) is 0 Å². The minimum Gasteiger partial charge on any atom is -0.444 e. The second-order valence-electron chi connectivity index (χ2n) is 16.9. The number of anilines is 2. The fourth-order valence-corrected chi connectivity index (χ4v) is 8.71. The van der Waals surface area contributed by atoms with E-state index in [1.807, 2.05) is 44.0 Å². The molecule has 52 heavy (non-hydrogen) atoms. The van der Waals surface area contributed by atoms with E-state index in [1.54, 1.807) is 25.2 Å². The van der Waals surface area contributed by atoms with Gasteiger partial charge in [-0.15, -0.1) is 0 Å². The maximum Gasteiger partial charge on any atom is 0.410 e. The van der Waals surface area contributed by atoms with Crippen molar-refractivity contribution in [2.75, 3.05) is 45.6 Å². The van der Waals surface area contributed by atoms with Gasteiger partial charge in [0.1, 0.15) is 22.8 Å². The zero-order chi connectivity index (χ0) is 37.0. The minimum atomic E-state index is -0.446. The van der Waals surface area contributed by atoms with E-state index in [0.717, 1.165) is 82.2 Å². The molecule has 3 aromatic heterocycles. The molecule has 0 radical (unpaired) electrons. The monoisotopic (exact) mass is 714 g/mol. The van der Waals surface area contributed by atoms with Gasteiger partial charge in [0.15, 0.2) is 0 Å². The van der Waals surface area contributed by atoms with Gasteiger partial charge in [0.2, 0.25) is 5.95 Å². The van der Waals surface area contributed by atoms with E-state index in [9.17, 15) is 9.59 Å². The number of hydrogen-bond donors (Lipinski definition) is 1. The number of carbonyl (C=O) groups excluding carboxylic acids is 2. The fourth-order valence-electron chi connectivity index (χ4n) is 8.71. The van der Waals surface area contributed by atoms with Crippen LogP contribution in [-0.4, -0.2) is 97.6 Å². The Morgan fingerprint density at radius 2 is 1.69 bits per heavy atom. The molecule has 2 aliphatic heterocycles. The van der Waals surface area contributed by atoms with Gasteiger partial charge in [-0.3, -0.25) is 4.79 Å². The smallest absolute Gasteiger partial charge is 0.410 e. The van der Waals surface area contributed by atoms with Crippen molar-refractivity contribution in [2.45, 2.75) is 135 Å². The van der Waals surface area contributed by atoms with Crippen molar-refractivity contribution < 1.29 is 14.3 Å². The van der Waals surface area contributed by atoms with E-state index >= 15 is 0 Å². The second-order valence-corrected chi connectivity index (χ2v) is 16.9. The number of nitrogens with zero attached hydrogens (tertiary/aromatic N) is 7. The van der Waals surface area contributed by atoms with E-state index in [4.69, 9.17) is 14.7 Å². The molecule has 284 valence electrons. The van der Waals surface area contributed by atoms with Gasteiger partial charge >= 0.3 is 6.09 Å². The van der Waals surface area contributed by atoms with Crippen molar-refractivity contribution in [3.63, 3.8) is 0 Å². The van der Waals surface area contributed by atoms with Crippen LogP contribution in [0.15, 0.2) is 30.6 Å². The summed E-state index contributed by atoms with van der Waals surface area (Å²) in [6.07, 6.45) is 17.7. The summed E-state index contributed by atoms with van der Waals surface area (Å²) in [6.45, 7) is 14.4. The number of nitrogens with one attached hydrogen (secondary N) is 1. The number of ether oxygens (including phenoxy) is 1. The lowest BCUT2D eigenvalue weighted by molar-refractivity contribution is -0.108. The van der Waals surface area contributed by atoms with Crippen LogP contribution in [0.2, 0.25) is 0 Å². The molecule has 4 fully saturated rings. The molecule has 7 rings (SSSR count). The molecule has 3 aromatic rings. The summed E-state index contributed by atoms with van der Waals surface area (Å²) in [5.74, 6) is 2.35. The highest BCUT2D eigenvalue weighted by atomic mass is 16.6. The second kappa shape index (κ2) is 16.1. The van der Waals surface area contributed by atoms with E-state index in [0.29, 0.717) is 29.3 Å². The van der Waals surface area contributed by atoms with Crippen LogP contribution in [0.4, 0.5) is 16.6 Å². The third kappa shape index (κ3) is 8.56. The number of piperidine rings is 1. The van der Waals surface area contributed by atoms with E-state index in [1.165, 1.54) is 37.7 Å². The van der Waals surface area contributed by atoms with E-state index < -0.39 is 5.60 Å². The Kier molecular flexibility index (Phi) is 11.8. The Balaban J connectivity index is 0.000000870. The third-order valence-electron chi connectivity index (χ3n) is 11.5. The summed E-state index contributed by atoms with van der Waals surface area (Å²) in [5, 5.41) is 4.18. The number of fused-ring (bicyclic) bond motifs is 1. The lowest BCUT2D eigenvalue weighted by Gasteiger charge is -2.61. The van der Waals surface area contributed by atoms with E-state index in [2.05, 4.69) is 39.7 Å². The largest absolute Gasteiger partial charge is 0.444 e. The summed E-state index contributed by atoms with van der Waals surface area (Å²) in [6, 6.07) is 6.41. The topological polar surface area (TPSA) is 109 Å². The lowest BCUT2D eigenvalue weighted by atomic mass is 9.61. The molecular formula is C41H62N8O3. The number of rotatable bonds is 9. The van der Waals surface area contributed by atoms with Gasteiger partial charge in [0.05, 0.1) is 0 Å². The van der Waals surface area contributed by atoms with Crippen LogP contribution < -0.4 is 5.32 Å². The molecule has 5 heterocycles. The van der Waals surface area contributed by atoms with Crippen molar-refractivity contribution in [2.24, 2.45) is 5.92 Å². The van der Waals surface area contributed by atoms with Crippen molar-refractivity contribution >= 4 is 34.8 Å². The lowest BCUT2D eigenvalue weighted by Crippen LogP contribution is -2.69. The van der Waals surface area contributed by atoms with Crippen molar-refractivity contribution in [3.8, 4) is 0 Å².